The van der Waals surface area contributed by atoms with Crippen LogP contribution in [0.15, 0.2) is 0 Å². The quantitative estimate of drug-likeness (QED) is 0.808. The van der Waals surface area contributed by atoms with Crippen molar-refractivity contribution in [3.8, 4) is 0 Å². The normalized spacial score (nSPS) is 22.3. The molecule has 0 spiro atoms. The molecule has 0 saturated carbocycles. The predicted molar refractivity (Wildman–Crippen MR) is 58.4 cm³/mol. The fourth-order valence-corrected chi connectivity index (χ4v) is 2.20. The number of hydrogen-bond donors (Lipinski definition) is 1. The van der Waals surface area contributed by atoms with E-state index < -0.39 is 12.1 Å². The zero-order valence-corrected chi connectivity index (χ0v) is 9.98. The minimum Gasteiger partial charge on any atom is -0.320 e. The van der Waals surface area contributed by atoms with Gasteiger partial charge in [0.05, 0.1) is 5.92 Å². The van der Waals surface area contributed by atoms with Gasteiger partial charge >= 0.3 is 6.18 Å². The smallest absolute Gasteiger partial charge is 0.320 e. The van der Waals surface area contributed by atoms with Crippen molar-refractivity contribution in [3.05, 3.63) is 0 Å². The number of likely N-dealkylation sites (tertiary alicyclic amines) is 1. The first-order valence-electron chi connectivity index (χ1n) is 5.90. The number of rotatable bonds is 4. The molecule has 1 fully saturated rings. The third-order valence-electron chi connectivity index (χ3n) is 3.43. The second-order valence-electron chi connectivity index (χ2n) is 4.59. The Balaban J connectivity index is 2.31. The molecule has 0 aliphatic carbocycles. The second-order valence-corrected chi connectivity index (χ2v) is 4.59. The van der Waals surface area contributed by atoms with Crippen LogP contribution < -0.4 is 5.32 Å². The summed E-state index contributed by atoms with van der Waals surface area (Å²) in [6.45, 7) is 4.16. The van der Waals surface area contributed by atoms with Crippen LogP contribution >= 0.6 is 0 Å². The van der Waals surface area contributed by atoms with E-state index in [-0.39, 0.29) is 12.8 Å². The highest BCUT2D eigenvalue weighted by molar-refractivity contribution is 4.80. The van der Waals surface area contributed by atoms with Gasteiger partial charge in [0.2, 0.25) is 0 Å². The Labute approximate surface area is 95.2 Å². The fourth-order valence-electron chi connectivity index (χ4n) is 2.20. The topological polar surface area (TPSA) is 15.3 Å². The van der Waals surface area contributed by atoms with Gasteiger partial charge in [0.15, 0.2) is 0 Å². The Hall–Kier alpha value is -0.290. The van der Waals surface area contributed by atoms with Crippen LogP contribution in [-0.4, -0.2) is 43.8 Å². The van der Waals surface area contributed by atoms with Crippen LogP contribution in [0.4, 0.5) is 13.2 Å². The van der Waals surface area contributed by atoms with E-state index in [0.717, 1.165) is 13.0 Å². The predicted octanol–water partition coefficient (Wildman–Crippen LogP) is 2.26. The number of nitrogens with zero attached hydrogens (tertiary/aromatic N) is 1. The molecule has 0 aromatic carbocycles. The Morgan fingerprint density at radius 1 is 1.31 bits per heavy atom. The molecule has 1 atom stereocenters. The molecule has 0 radical (unpaired) electrons. The van der Waals surface area contributed by atoms with Crippen molar-refractivity contribution in [2.24, 2.45) is 5.92 Å². The van der Waals surface area contributed by atoms with Gasteiger partial charge in [-0.15, -0.1) is 0 Å². The summed E-state index contributed by atoms with van der Waals surface area (Å²) in [4.78, 5) is 2.17. The van der Waals surface area contributed by atoms with Crippen LogP contribution in [0.3, 0.4) is 0 Å². The first-order chi connectivity index (χ1) is 7.45. The van der Waals surface area contributed by atoms with Crippen LogP contribution in [0.25, 0.3) is 0 Å². The van der Waals surface area contributed by atoms with Crippen molar-refractivity contribution in [2.75, 3.05) is 26.7 Å². The zero-order chi connectivity index (χ0) is 12.2. The van der Waals surface area contributed by atoms with Crippen LogP contribution in [0.1, 0.15) is 26.2 Å². The van der Waals surface area contributed by atoms with Crippen molar-refractivity contribution in [2.45, 2.75) is 38.4 Å². The molecule has 0 aromatic heterocycles. The SMILES string of the molecule is CNCCC(C)N1CCC(C(F)(F)F)CC1. The summed E-state index contributed by atoms with van der Waals surface area (Å²) in [6, 6.07) is 0.377. The van der Waals surface area contributed by atoms with E-state index in [4.69, 9.17) is 0 Å². The lowest BCUT2D eigenvalue weighted by atomic mass is 9.95. The van der Waals surface area contributed by atoms with Gasteiger partial charge in [-0.05, 0) is 52.9 Å². The lowest BCUT2D eigenvalue weighted by molar-refractivity contribution is -0.186. The summed E-state index contributed by atoms with van der Waals surface area (Å²) >= 11 is 0. The van der Waals surface area contributed by atoms with E-state index in [1.165, 1.54) is 0 Å². The molecule has 5 heteroatoms. The first-order valence-corrected chi connectivity index (χ1v) is 5.90. The third kappa shape index (κ3) is 3.94. The summed E-state index contributed by atoms with van der Waals surface area (Å²) in [5, 5.41) is 3.06. The highest BCUT2D eigenvalue weighted by Crippen LogP contribution is 2.34. The van der Waals surface area contributed by atoms with Gasteiger partial charge < -0.3 is 10.2 Å². The maximum atomic E-state index is 12.4. The van der Waals surface area contributed by atoms with Gasteiger partial charge in [-0.3, -0.25) is 0 Å². The van der Waals surface area contributed by atoms with Gasteiger partial charge in [0, 0.05) is 6.04 Å². The Kier molecular flexibility index (Phi) is 5.05. The summed E-state index contributed by atoms with van der Waals surface area (Å²) < 4.78 is 37.3. The second kappa shape index (κ2) is 5.87. The maximum absolute atomic E-state index is 12.4. The van der Waals surface area contributed by atoms with Crippen molar-refractivity contribution < 1.29 is 13.2 Å². The lowest BCUT2D eigenvalue weighted by Gasteiger charge is -2.36. The van der Waals surface area contributed by atoms with E-state index >= 15 is 0 Å². The molecular weight excluding hydrogens is 217 g/mol. The van der Waals surface area contributed by atoms with Crippen molar-refractivity contribution in [1.29, 1.82) is 0 Å². The number of piperidine rings is 1. The summed E-state index contributed by atoms with van der Waals surface area (Å²) in [5.74, 6) is -1.08. The molecule has 1 heterocycles. The van der Waals surface area contributed by atoms with E-state index in [0.29, 0.717) is 19.1 Å². The third-order valence-corrected chi connectivity index (χ3v) is 3.43. The minimum absolute atomic E-state index is 0.257. The largest absolute Gasteiger partial charge is 0.391 e. The maximum Gasteiger partial charge on any atom is 0.391 e. The molecule has 1 rings (SSSR count). The van der Waals surface area contributed by atoms with Gasteiger partial charge in [0.1, 0.15) is 0 Å². The van der Waals surface area contributed by atoms with Crippen molar-refractivity contribution >= 4 is 0 Å². The molecule has 2 nitrogen and oxygen atoms in total. The molecule has 0 aromatic rings. The highest BCUT2D eigenvalue weighted by Gasteiger charge is 2.41. The number of hydrogen-bond acceptors (Lipinski definition) is 2. The number of nitrogens with one attached hydrogen (secondary N) is 1. The average molecular weight is 238 g/mol. The zero-order valence-electron chi connectivity index (χ0n) is 9.98. The Morgan fingerprint density at radius 2 is 1.88 bits per heavy atom. The number of halogens is 3. The van der Waals surface area contributed by atoms with Crippen LogP contribution in [0, 0.1) is 5.92 Å². The Bertz CT molecular complexity index is 198. The van der Waals surface area contributed by atoms with Crippen molar-refractivity contribution in [3.63, 3.8) is 0 Å². The van der Waals surface area contributed by atoms with Crippen LogP contribution in [-0.2, 0) is 0 Å². The molecule has 0 amide bonds. The Morgan fingerprint density at radius 3 is 2.31 bits per heavy atom. The van der Waals surface area contributed by atoms with Gasteiger partial charge in [0.25, 0.3) is 0 Å². The van der Waals surface area contributed by atoms with Gasteiger partial charge in [-0.25, -0.2) is 0 Å². The molecule has 96 valence electrons. The molecule has 1 aliphatic heterocycles. The molecular formula is C11H21F3N2. The molecule has 1 aliphatic rings. The summed E-state index contributed by atoms with van der Waals surface area (Å²) in [7, 11) is 1.89. The molecule has 1 unspecified atom stereocenters. The lowest BCUT2D eigenvalue weighted by Crippen LogP contribution is -2.43. The average Bonchev–Trinajstić information content (AvgIpc) is 2.25. The standard InChI is InChI=1S/C11H21F3N2/c1-9(3-6-15-2)16-7-4-10(5-8-16)11(12,13)14/h9-10,15H,3-8H2,1-2H3. The summed E-state index contributed by atoms with van der Waals surface area (Å²) in [5.41, 5.74) is 0. The minimum atomic E-state index is -4.00. The van der Waals surface area contributed by atoms with Crippen molar-refractivity contribution in [1.82, 2.24) is 10.2 Å². The molecule has 0 bridgehead atoms. The fraction of sp³-hybridized carbons (Fsp3) is 1.00. The van der Waals surface area contributed by atoms with E-state index in [1.807, 2.05) is 7.05 Å². The van der Waals surface area contributed by atoms with Crippen LogP contribution in [0.2, 0.25) is 0 Å². The molecule has 16 heavy (non-hydrogen) atoms. The first kappa shape index (κ1) is 13.8. The number of alkyl halides is 3. The van der Waals surface area contributed by atoms with E-state index in [9.17, 15) is 13.2 Å². The monoisotopic (exact) mass is 238 g/mol. The van der Waals surface area contributed by atoms with E-state index in [2.05, 4.69) is 17.1 Å². The van der Waals surface area contributed by atoms with Crippen LogP contribution in [0.5, 0.6) is 0 Å². The van der Waals surface area contributed by atoms with Gasteiger partial charge in [-0.2, -0.15) is 13.2 Å². The molecule has 1 N–H and O–H groups in total. The molecule has 1 saturated heterocycles. The summed E-state index contributed by atoms with van der Waals surface area (Å²) in [6.07, 6.45) is -2.49. The van der Waals surface area contributed by atoms with Gasteiger partial charge in [-0.1, -0.05) is 0 Å². The van der Waals surface area contributed by atoms with E-state index in [1.54, 1.807) is 0 Å². The highest BCUT2D eigenvalue weighted by atomic mass is 19.4.